The molecule has 0 saturated heterocycles. The first-order valence-corrected chi connectivity index (χ1v) is 4.99. The molecular weight excluding hydrogens is 158 g/mol. The van der Waals surface area contributed by atoms with E-state index in [2.05, 4.69) is 24.8 Å². The molecule has 2 N–H and O–H groups in total. The maximum Gasteiger partial charge on any atom is -0.0195 e. The van der Waals surface area contributed by atoms with Crippen molar-refractivity contribution in [2.75, 3.05) is 7.05 Å². The molecule has 1 rings (SSSR count). The summed E-state index contributed by atoms with van der Waals surface area (Å²) < 4.78 is 0. The molecule has 78 valence electrons. The predicted octanol–water partition coefficient (Wildman–Crippen LogP) is 3.62. The first-order valence-electron chi connectivity index (χ1n) is 4.99. The van der Waals surface area contributed by atoms with Gasteiger partial charge in [-0.15, -0.1) is 0 Å². The summed E-state index contributed by atoms with van der Waals surface area (Å²) in [4.78, 5) is 0. The molecule has 0 atom stereocenters. The van der Waals surface area contributed by atoms with Crippen molar-refractivity contribution in [3.05, 3.63) is 35.9 Å². The molecular formula is C12H25N. The van der Waals surface area contributed by atoms with Gasteiger partial charge in [0, 0.05) is 0 Å². The fourth-order valence-electron chi connectivity index (χ4n) is 0.534. The van der Waals surface area contributed by atoms with Crippen LogP contribution in [0.4, 0.5) is 0 Å². The third kappa shape index (κ3) is 18.3. The molecule has 0 bridgehead atoms. The second-order valence-electron chi connectivity index (χ2n) is 1.65. The molecule has 0 aliphatic carbocycles. The summed E-state index contributed by atoms with van der Waals surface area (Å²) in [5.41, 5.74) is 5.82. The number of rotatable bonds is 0. The number of aryl methyl sites for hydroxylation is 1. The summed E-state index contributed by atoms with van der Waals surface area (Å²) in [5, 5.41) is 0. The summed E-state index contributed by atoms with van der Waals surface area (Å²) >= 11 is 0. The van der Waals surface area contributed by atoms with Crippen molar-refractivity contribution in [2.24, 2.45) is 5.73 Å². The molecule has 1 heteroatoms. The Kier molecular flexibility index (Phi) is 31.2. The maximum atomic E-state index is 4.50. The van der Waals surface area contributed by atoms with E-state index in [4.69, 9.17) is 0 Å². The minimum atomic E-state index is 1.32. The summed E-state index contributed by atoms with van der Waals surface area (Å²) in [7, 11) is 1.50. The molecule has 0 aromatic heterocycles. The molecule has 0 saturated carbocycles. The zero-order chi connectivity index (χ0) is 11.1. The van der Waals surface area contributed by atoms with Gasteiger partial charge in [-0.1, -0.05) is 63.6 Å². The van der Waals surface area contributed by atoms with Crippen LogP contribution in [0.2, 0.25) is 0 Å². The van der Waals surface area contributed by atoms with Crippen molar-refractivity contribution in [1.29, 1.82) is 0 Å². The quantitative estimate of drug-likeness (QED) is 0.653. The lowest BCUT2D eigenvalue weighted by Gasteiger charge is -1.82. The van der Waals surface area contributed by atoms with E-state index in [-0.39, 0.29) is 0 Å². The second kappa shape index (κ2) is 22.5. The molecule has 0 heterocycles. The van der Waals surface area contributed by atoms with Gasteiger partial charge >= 0.3 is 0 Å². The van der Waals surface area contributed by atoms with Gasteiger partial charge in [-0.2, -0.15) is 0 Å². The normalized spacial score (nSPS) is 6.08. The van der Waals surface area contributed by atoms with Crippen LogP contribution in [0.3, 0.4) is 0 Å². The van der Waals surface area contributed by atoms with Gasteiger partial charge in [0.25, 0.3) is 0 Å². The Hall–Kier alpha value is -0.820. The van der Waals surface area contributed by atoms with Crippen LogP contribution in [-0.2, 0) is 0 Å². The third-order valence-electron chi connectivity index (χ3n) is 0.940. The summed E-state index contributed by atoms with van der Waals surface area (Å²) in [6, 6.07) is 10.3. The zero-order valence-corrected chi connectivity index (χ0v) is 9.96. The van der Waals surface area contributed by atoms with Crippen LogP contribution < -0.4 is 5.73 Å². The molecule has 1 aromatic carbocycles. The van der Waals surface area contributed by atoms with Crippen molar-refractivity contribution < 1.29 is 0 Å². The van der Waals surface area contributed by atoms with Crippen LogP contribution in [0.1, 0.15) is 33.3 Å². The molecule has 0 amide bonds. The molecule has 0 aliphatic heterocycles. The lowest BCUT2D eigenvalue weighted by Crippen LogP contribution is -1.69. The average Bonchev–Trinajstić information content (AvgIpc) is 2.28. The Bertz CT molecular complexity index is 135. The molecule has 0 unspecified atom stereocenters. The molecule has 0 aliphatic rings. The SMILES string of the molecule is CC.CC.CN.Cc1ccccc1. The van der Waals surface area contributed by atoms with Crippen LogP contribution in [0.25, 0.3) is 0 Å². The Morgan fingerprint density at radius 1 is 0.769 bits per heavy atom. The van der Waals surface area contributed by atoms with Gasteiger partial charge in [0.2, 0.25) is 0 Å². The monoisotopic (exact) mass is 183 g/mol. The van der Waals surface area contributed by atoms with Crippen LogP contribution in [0, 0.1) is 6.92 Å². The topological polar surface area (TPSA) is 26.0 Å². The van der Waals surface area contributed by atoms with E-state index in [9.17, 15) is 0 Å². The van der Waals surface area contributed by atoms with Crippen LogP contribution in [0.5, 0.6) is 0 Å². The lowest BCUT2D eigenvalue weighted by atomic mass is 10.2. The predicted molar refractivity (Wildman–Crippen MR) is 64.0 cm³/mol. The van der Waals surface area contributed by atoms with Crippen molar-refractivity contribution in [1.82, 2.24) is 0 Å². The Morgan fingerprint density at radius 3 is 1.23 bits per heavy atom. The summed E-state index contributed by atoms with van der Waals surface area (Å²) in [6.07, 6.45) is 0. The highest BCUT2D eigenvalue weighted by Crippen LogP contribution is 1.92. The number of nitrogens with two attached hydrogens (primary N) is 1. The fourth-order valence-corrected chi connectivity index (χ4v) is 0.534. The first kappa shape index (κ1) is 18.1. The fraction of sp³-hybridized carbons (Fsp3) is 0.500. The smallest absolute Gasteiger partial charge is 0.0195 e. The number of hydrogen-bond acceptors (Lipinski definition) is 1. The van der Waals surface area contributed by atoms with Crippen molar-refractivity contribution in [3.8, 4) is 0 Å². The van der Waals surface area contributed by atoms with E-state index < -0.39 is 0 Å². The molecule has 1 nitrogen and oxygen atoms in total. The van der Waals surface area contributed by atoms with Gasteiger partial charge in [-0.3, -0.25) is 0 Å². The minimum Gasteiger partial charge on any atom is -0.333 e. The van der Waals surface area contributed by atoms with E-state index in [1.54, 1.807) is 0 Å². The lowest BCUT2D eigenvalue weighted by molar-refractivity contribution is 1.48. The second-order valence-corrected chi connectivity index (χ2v) is 1.65. The Morgan fingerprint density at radius 2 is 1.08 bits per heavy atom. The highest BCUT2D eigenvalue weighted by Gasteiger charge is 1.72. The van der Waals surface area contributed by atoms with Crippen LogP contribution >= 0.6 is 0 Å². The van der Waals surface area contributed by atoms with E-state index >= 15 is 0 Å². The maximum absolute atomic E-state index is 4.50. The van der Waals surface area contributed by atoms with Crippen LogP contribution in [0.15, 0.2) is 30.3 Å². The van der Waals surface area contributed by atoms with Crippen molar-refractivity contribution >= 4 is 0 Å². The van der Waals surface area contributed by atoms with E-state index in [0.29, 0.717) is 0 Å². The van der Waals surface area contributed by atoms with Gasteiger partial charge in [-0.25, -0.2) is 0 Å². The molecule has 13 heavy (non-hydrogen) atoms. The van der Waals surface area contributed by atoms with Gasteiger partial charge in [0.1, 0.15) is 0 Å². The molecule has 0 spiro atoms. The van der Waals surface area contributed by atoms with Gasteiger partial charge < -0.3 is 5.73 Å². The first-order chi connectivity index (χ1) is 6.39. The molecule has 1 aromatic rings. The molecule has 0 fully saturated rings. The standard InChI is InChI=1S/C7H8.2C2H6.CH5N/c1-7-5-3-2-4-6-7;3*1-2/h2-6H,1H3;2*1-2H3;2H2,1H3. The largest absolute Gasteiger partial charge is 0.333 e. The summed E-state index contributed by atoms with van der Waals surface area (Å²) in [6.45, 7) is 10.1. The van der Waals surface area contributed by atoms with Crippen molar-refractivity contribution in [2.45, 2.75) is 34.6 Å². The van der Waals surface area contributed by atoms with E-state index in [1.165, 1.54) is 12.6 Å². The number of benzene rings is 1. The van der Waals surface area contributed by atoms with Gasteiger partial charge in [0.15, 0.2) is 0 Å². The van der Waals surface area contributed by atoms with E-state index in [1.807, 2.05) is 45.9 Å². The Labute approximate surface area is 84.0 Å². The van der Waals surface area contributed by atoms with Gasteiger partial charge in [-0.05, 0) is 14.0 Å². The third-order valence-corrected chi connectivity index (χ3v) is 0.940. The van der Waals surface area contributed by atoms with Gasteiger partial charge in [0.05, 0.1) is 0 Å². The molecule has 0 radical (unpaired) electrons. The Balaban J connectivity index is -0.000000144. The average molecular weight is 183 g/mol. The zero-order valence-electron chi connectivity index (χ0n) is 9.96. The van der Waals surface area contributed by atoms with Crippen LogP contribution in [-0.4, -0.2) is 7.05 Å². The highest BCUT2D eigenvalue weighted by atomic mass is 14.4. The summed E-state index contributed by atoms with van der Waals surface area (Å²) in [5.74, 6) is 0. The number of hydrogen-bond donors (Lipinski definition) is 1. The van der Waals surface area contributed by atoms with E-state index in [0.717, 1.165) is 0 Å². The van der Waals surface area contributed by atoms with Crippen molar-refractivity contribution in [3.63, 3.8) is 0 Å². The highest BCUT2D eigenvalue weighted by molar-refractivity contribution is 5.11. The minimum absolute atomic E-state index is 1.32.